The summed E-state index contributed by atoms with van der Waals surface area (Å²) in [6.45, 7) is 16.7. The lowest BCUT2D eigenvalue weighted by Gasteiger charge is -2.22. The first kappa shape index (κ1) is 21.5. The van der Waals surface area contributed by atoms with Crippen molar-refractivity contribution in [3.63, 3.8) is 0 Å². The van der Waals surface area contributed by atoms with Crippen LogP contribution in [0.5, 0.6) is 0 Å². The van der Waals surface area contributed by atoms with Gasteiger partial charge < -0.3 is 15.5 Å². The third kappa shape index (κ3) is 8.72. The van der Waals surface area contributed by atoms with E-state index in [1.807, 2.05) is 0 Å². The van der Waals surface area contributed by atoms with Crippen molar-refractivity contribution in [1.82, 2.24) is 20.4 Å². The normalized spacial score (nSPS) is 19.2. The molecule has 0 aromatic rings. The Morgan fingerprint density at radius 3 is 2.38 bits per heavy atom. The Hall–Kier alpha value is -0.810. The Kier molecular flexibility index (Phi) is 9.76. The van der Waals surface area contributed by atoms with E-state index in [1.54, 1.807) is 0 Å². The van der Waals surface area contributed by atoms with Crippen molar-refractivity contribution < 1.29 is 0 Å². The Balaban J connectivity index is 1.68. The highest BCUT2D eigenvalue weighted by molar-refractivity contribution is 5.80. The zero-order valence-electron chi connectivity index (χ0n) is 17.8. The van der Waals surface area contributed by atoms with Gasteiger partial charge in [0.15, 0.2) is 5.96 Å². The van der Waals surface area contributed by atoms with Gasteiger partial charge in [-0.1, -0.05) is 13.8 Å². The second-order valence-corrected chi connectivity index (χ2v) is 8.14. The highest BCUT2D eigenvalue weighted by atomic mass is 15.2. The fourth-order valence-corrected chi connectivity index (χ4v) is 3.57. The van der Waals surface area contributed by atoms with E-state index >= 15 is 0 Å². The molecular formula is C21H43N5. The molecule has 0 amide bonds. The fraction of sp³-hybridized carbons (Fsp3) is 0.952. The van der Waals surface area contributed by atoms with Crippen molar-refractivity contribution in [1.29, 1.82) is 0 Å². The van der Waals surface area contributed by atoms with Gasteiger partial charge in [-0.05, 0) is 77.9 Å². The Morgan fingerprint density at radius 2 is 1.81 bits per heavy atom. The van der Waals surface area contributed by atoms with Crippen LogP contribution < -0.4 is 10.6 Å². The minimum atomic E-state index is 0.467. The number of aliphatic imine (C=N–C) groups is 1. The number of nitrogens with one attached hydrogen (secondary N) is 2. The summed E-state index contributed by atoms with van der Waals surface area (Å²) in [5, 5.41) is 7.02. The molecule has 2 rings (SSSR count). The van der Waals surface area contributed by atoms with Gasteiger partial charge in [0, 0.05) is 31.7 Å². The number of hydrogen-bond acceptors (Lipinski definition) is 3. The van der Waals surface area contributed by atoms with Gasteiger partial charge in [0.2, 0.25) is 0 Å². The van der Waals surface area contributed by atoms with Gasteiger partial charge in [-0.25, -0.2) is 0 Å². The summed E-state index contributed by atoms with van der Waals surface area (Å²) < 4.78 is 0. The Bertz CT molecular complexity index is 399. The predicted octanol–water partition coefficient (Wildman–Crippen LogP) is 2.93. The second kappa shape index (κ2) is 11.8. The van der Waals surface area contributed by atoms with Crippen LogP contribution in [0.2, 0.25) is 0 Å². The molecule has 0 bridgehead atoms. The highest BCUT2D eigenvalue weighted by Gasteiger charge is 2.33. The van der Waals surface area contributed by atoms with E-state index in [0.29, 0.717) is 6.04 Å². The number of guanidine groups is 1. The van der Waals surface area contributed by atoms with E-state index in [4.69, 9.17) is 4.99 Å². The van der Waals surface area contributed by atoms with Crippen LogP contribution in [-0.4, -0.2) is 73.7 Å². The van der Waals surface area contributed by atoms with Crippen LogP contribution in [0.4, 0.5) is 0 Å². The molecule has 2 fully saturated rings. The summed E-state index contributed by atoms with van der Waals surface area (Å²) in [6.07, 6.45) is 8.13. The van der Waals surface area contributed by atoms with Crippen molar-refractivity contribution >= 4 is 5.96 Å². The molecule has 1 unspecified atom stereocenters. The lowest BCUT2D eigenvalue weighted by molar-refractivity contribution is 0.260. The molecule has 0 spiro atoms. The third-order valence-electron chi connectivity index (χ3n) is 5.64. The standard InChI is InChI=1S/C21H43N5/c1-5-22-21(24-18(4)9-8-15-25(6-2)7-3)23-14-16-26(20-12-13-20)17-19-10-11-19/h18-20H,5-17H2,1-4H3,(H2,22,23,24). The summed E-state index contributed by atoms with van der Waals surface area (Å²) >= 11 is 0. The van der Waals surface area contributed by atoms with Crippen LogP contribution in [0.15, 0.2) is 4.99 Å². The average Bonchev–Trinajstić information content (AvgIpc) is 3.51. The van der Waals surface area contributed by atoms with Crippen LogP contribution in [0, 0.1) is 5.92 Å². The molecule has 2 N–H and O–H groups in total. The van der Waals surface area contributed by atoms with Gasteiger partial charge in [0.1, 0.15) is 0 Å². The molecule has 5 heteroatoms. The zero-order chi connectivity index (χ0) is 18.8. The number of rotatable bonds is 14. The minimum Gasteiger partial charge on any atom is -0.357 e. The summed E-state index contributed by atoms with van der Waals surface area (Å²) in [5.74, 6) is 1.97. The lowest BCUT2D eigenvalue weighted by Crippen LogP contribution is -2.43. The highest BCUT2D eigenvalue weighted by Crippen LogP contribution is 2.34. The van der Waals surface area contributed by atoms with E-state index in [0.717, 1.165) is 50.6 Å². The number of hydrogen-bond donors (Lipinski definition) is 2. The van der Waals surface area contributed by atoms with E-state index in [-0.39, 0.29) is 0 Å². The molecule has 152 valence electrons. The maximum atomic E-state index is 4.85. The average molecular weight is 366 g/mol. The maximum Gasteiger partial charge on any atom is 0.191 e. The van der Waals surface area contributed by atoms with Crippen molar-refractivity contribution in [3.05, 3.63) is 0 Å². The van der Waals surface area contributed by atoms with Crippen molar-refractivity contribution in [2.45, 2.75) is 78.3 Å². The first-order valence-corrected chi connectivity index (χ1v) is 11.2. The summed E-state index contributed by atoms with van der Waals surface area (Å²) in [7, 11) is 0. The van der Waals surface area contributed by atoms with Gasteiger partial charge in [0.25, 0.3) is 0 Å². The van der Waals surface area contributed by atoms with Gasteiger partial charge in [-0.15, -0.1) is 0 Å². The van der Waals surface area contributed by atoms with E-state index in [9.17, 15) is 0 Å². The van der Waals surface area contributed by atoms with Gasteiger partial charge in [-0.2, -0.15) is 0 Å². The first-order chi connectivity index (χ1) is 12.7. The second-order valence-electron chi connectivity index (χ2n) is 8.14. The summed E-state index contributed by atoms with van der Waals surface area (Å²) in [4.78, 5) is 10.0. The van der Waals surface area contributed by atoms with Crippen LogP contribution in [0.3, 0.4) is 0 Å². The molecule has 0 saturated heterocycles. The van der Waals surface area contributed by atoms with Crippen LogP contribution in [-0.2, 0) is 0 Å². The predicted molar refractivity (Wildman–Crippen MR) is 113 cm³/mol. The Morgan fingerprint density at radius 1 is 1.08 bits per heavy atom. The largest absolute Gasteiger partial charge is 0.357 e. The maximum absolute atomic E-state index is 4.85. The molecule has 5 nitrogen and oxygen atoms in total. The van der Waals surface area contributed by atoms with E-state index in [1.165, 1.54) is 51.6 Å². The lowest BCUT2D eigenvalue weighted by atomic mass is 10.2. The summed E-state index contributed by atoms with van der Waals surface area (Å²) in [5.41, 5.74) is 0. The van der Waals surface area contributed by atoms with E-state index < -0.39 is 0 Å². The molecule has 26 heavy (non-hydrogen) atoms. The molecule has 0 aromatic heterocycles. The monoisotopic (exact) mass is 365 g/mol. The third-order valence-corrected chi connectivity index (χ3v) is 5.64. The van der Waals surface area contributed by atoms with Crippen LogP contribution in [0.1, 0.15) is 66.2 Å². The van der Waals surface area contributed by atoms with Crippen molar-refractivity contribution in [2.75, 3.05) is 45.8 Å². The zero-order valence-corrected chi connectivity index (χ0v) is 17.8. The molecular weight excluding hydrogens is 322 g/mol. The molecule has 0 aliphatic heterocycles. The quantitative estimate of drug-likeness (QED) is 0.367. The minimum absolute atomic E-state index is 0.467. The van der Waals surface area contributed by atoms with Crippen LogP contribution >= 0.6 is 0 Å². The first-order valence-electron chi connectivity index (χ1n) is 11.2. The fourth-order valence-electron chi connectivity index (χ4n) is 3.57. The molecule has 1 atom stereocenters. The molecule has 0 heterocycles. The SMILES string of the molecule is CCNC(=NCCN(CC1CC1)C1CC1)NC(C)CCCN(CC)CC. The van der Waals surface area contributed by atoms with E-state index in [2.05, 4.69) is 48.1 Å². The molecule has 0 aromatic carbocycles. The van der Waals surface area contributed by atoms with Gasteiger partial charge >= 0.3 is 0 Å². The van der Waals surface area contributed by atoms with Gasteiger partial charge in [0.05, 0.1) is 6.54 Å². The van der Waals surface area contributed by atoms with Crippen LogP contribution in [0.25, 0.3) is 0 Å². The number of nitrogens with zero attached hydrogens (tertiary/aromatic N) is 3. The van der Waals surface area contributed by atoms with Crippen molar-refractivity contribution in [3.8, 4) is 0 Å². The molecule has 2 aliphatic carbocycles. The Labute approximate surface area is 162 Å². The molecule has 2 aliphatic rings. The molecule has 0 radical (unpaired) electrons. The topological polar surface area (TPSA) is 42.9 Å². The van der Waals surface area contributed by atoms with Gasteiger partial charge in [-0.3, -0.25) is 9.89 Å². The van der Waals surface area contributed by atoms with Crippen molar-refractivity contribution in [2.24, 2.45) is 10.9 Å². The molecule has 2 saturated carbocycles. The smallest absolute Gasteiger partial charge is 0.191 e. The summed E-state index contributed by atoms with van der Waals surface area (Å²) in [6, 6.07) is 1.33.